The third-order valence-electron chi connectivity index (χ3n) is 5.44. The number of nitrogens with one attached hydrogen (secondary N) is 2. The van der Waals surface area contributed by atoms with Gasteiger partial charge in [0.05, 0.1) is 18.8 Å². The fourth-order valence-electron chi connectivity index (χ4n) is 3.81. The lowest BCUT2D eigenvalue weighted by molar-refractivity contribution is -0.284. The van der Waals surface area contributed by atoms with E-state index in [-0.39, 0.29) is 41.1 Å². The Bertz CT molecular complexity index is 1190. The van der Waals surface area contributed by atoms with E-state index < -0.39 is 45.0 Å². The summed E-state index contributed by atoms with van der Waals surface area (Å²) >= 11 is 0. The predicted molar refractivity (Wildman–Crippen MR) is 109 cm³/mol. The van der Waals surface area contributed by atoms with Crippen molar-refractivity contribution < 1.29 is 30.7 Å². The van der Waals surface area contributed by atoms with Gasteiger partial charge in [0.25, 0.3) is 0 Å². The number of fused-ring (bicyclic) bond motifs is 1. The molecule has 2 atom stereocenters. The van der Waals surface area contributed by atoms with Gasteiger partial charge in [-0.1, -0.05) is 12.1 Å². The number of ether oxygens (including phenoxy) is 1. The first-order valence-corrected chi connectivity index (χ1v) is 11.1. The van der Waals surface area contributed by atoms with Crippen molar-refractivity contribution in [2.24, 2.45) is 4.99 Å². The summed E-state index contributed by atoms with van der Waals surface area (Å²) in [5, 5.41) is 2.88. The zero-order valence-corrected chi connectivity index (χ0v) is 17.9. The second-order valence-electron chi connectivity index (χ2n) is 7.82. The summed E-state index contributed by atoms with van der Waals surface area (Å²) in [6.45, 7) is 1.90. The van der Waals surface area contributed by atoms with Crippen LogP contribution in [0.1, 0.15) is 19.5 Å². The number of morpholine rings is 1. The highest BCUT2D eigenvalue weighted by atomic mass is 32.2. The van der Waals surface area contributed by atoms with Crippen molar-refractivity contribution >= 4 is 27.2 Å². The molecule has 4 N–H and O–H groups in total. The standard InChI is InChI=1S/C19H21F4N5O3S/c1-10-25-13-14(17(26-10)28-7-8-31-18(2,9-28)19(21,22)23)27-16(24)15(13)32(29,30)12-6-4-3-5-11(12)20/h3-6,10,25,27H,7-9,24H2,1-2H3. The number of nitrogens with two attached hydrogens (primary N) is 1. The fraction of sp³-hybridized carbons (Fsp3) is 0.421. The highest BCUT2D eigenvalue weighted by molar-refractivity contribution is 7.91. The molecular formula is C19H21F4N5O3S. The van der Waals surface area contributed by atoms with E-state index in [0.29, 0.717) is 0 Å². The molecule has 1 aromatic heterocycles. The van der Waals surface area contributed by atoms with Crippen LogP contribution >= 0.6 is 0 Å². The molecule has 2 unspecified atom stereocenters. The van der Waals surface area contributed by atoms with E-state index in [4.69, 9.17) is 10.5 Å². The van der Waals surface area contributed by atoms with Gasteiger partial charge in [-0.3, -0.25) is 0 Å². The van der Waals surface area contributed by atoms with E-state index in [1.807, 2.05) is 0 Å². The Kier molecular flexibility index (Phi) is 5.16. The average molecular weight is 475 g/mol. The Morgan fingerprint density at radius 1 is 1.31 bits per heavy atom. The summed E-state index contributed by atoms with van der Waals surface area (Å²) in [6, 6.07) is 4.85. The largest absolute Gasteiger partial charge is 0.418 e. The molecule has 1 aromatic carbocycles. The van der Waals surface area contributed by atoms with Crippen LogP contribution in [0.4, 0.5) is 29.1 Å². The van der Waals surface area contributed by atoms with E-state index >= 15 is 0 Å². The van der Waals surface area contributed by atoms with Crippen molar-refractivity contribution in [2.75, 3.05) is 30.7 Å². The summed E-state index contributed by atoms with van der Waals surface area (Å²) < 4.78 is 86.4. The van der Waals surface area contributed by atoms with Crippen LogP contribution in [0, 0.1) is 5.82 Å². The Balaban J connectivity index is 1.80. The van der Waals surface area contributed by atoms with Gasteiger partial charge in [0.15, 0.2) is 11.4 Å². The van der Waals surface area contributed by atoms with Crippen LogP contribution in [0.25, 0.3) is 0 Å². The summed E-state index contributed by atoms with van der Waals surface area (Å²) in [7, 11) is -4.39. The highest BCUT2D eigenvalue weighted by Crippen LogP contribution is 2.41. The maximum Gasteiger partial charge on any atom is 0.418 e. The number of H-pyrrole nitrogens is 1. The van der Waals surface area contributed by atoms with E-state index in [1.165, 1.54) is 17.0 Å². The van der Waals surface area contributed by atoms with Gasteiger partial charge in [-0.05, 0) is 26.0 Å². The number of aromatic nitrogens is 1. The topological polar surface area (TPSA) is 113 Å². The molecule has 0 spiro atoms. The molecule has 8 nitrogen and oxygen atoms in total. The zero-order valence-electron chi connectivity index (χ0n) is 17.1. The normalized spacial score (nSPS) is 24.0. The Morgan fingerprint density at radius 3 is 2.66 bits per heavy atom. The molecule has 0 bridgehead atoms. The number of halogens is 4. The first-order chi connectivity index (χ1) is 14.8. The Morgan fingerprint density at radius 2 is 2.00 bits per heavy atom. The van der Waals surface area contributed by atoms with E-state index in [0.717, 1.165) is 19.1 Å². The molecule has 32 heavy (non-hydrogen) atoms. The van der Waals surface area contributed by atoms with Gasteiger partial charge in [-0.15, -0.1) is 0 Å². The molecule has 0 radical (unpaired) electrons. The number of anilines is 2. The number of sulfone groups is 1. The first-order valence-electron chi connectivity index (χ1n) is 9.66. The van der Waals surface area contributed by atoms with Gasteiger partial charge in [0.2, 0.25) is 9.84 Å². The lowest BCUT2D eigenvalue weighted by atomic mass is 10.0. The van der Waals surface area contributed by atoms with Crippen molar-refractivity contribution in [3.05, 3.63) is 35.8 Å². The Hall–Kier alpha value is -2.80. The summed E-state index contributed by atoms with van der Waals surface area (Å²) in [5.74, 6) is -1.11. The Labute approximate surface area is 181 Å². The molecule has 2 aromatic rings. The van der Waals surface area contributed by atoms with Crippen LogP contribution in [0.2, 0.25) is 0 Å². The molecule has 1 saturated heterocycles. The lowest BCUT2D eigenvalue weighted by Crippen LogP contribution is -2.59. The van der Waals surface area contributed by atoms with Crippen molar-refractivity contribution in [1.29, 1.82) is 0 Å². The maximum atomic E-state index is 14.3. The molecule has 3 heterocycles. The van der Waals surface area contributed by atoms with Gasteiger partial charge in [0, 0.05) is 6.54 Å². The lowest BCUT2D eigenvalue weighted by Gasteiger charge is -2.43. The van der Waals surface area contributed by atoms with Crippen LogP contribution in [0.3, 0.4) is 0 Å². The number of hydrogen-bond acceptors (Lipinski definition) is 7. The first kappa shape index (κ1) is 22.4. The maximum absolute atomic E-state index is 14.3. The number of hydrogen-bond donors (Lipinski definition) is 3. The van der Waals surface area contributed by atoms with Gasteiger partial charge < -0.3 is 25.7 Å². The number of aromatic amines is 1. The monoisotopic (exact) mass is 475 g/mol. The van der Waals surface area contributed by atoms with Crippen LogP contribution in [-0.4, -0.2) is 61.8 Å². The molecule has 0 aliphatic carbocycles. The highest BCUT2D eigenvalue weighted by Gasteiger charge is 2.55. The minimum atomic E-state index is -4.62. The molecule has 0 saturated carbocycles. The van der Waals surface area contributed by atoms with E-state index in [2.05, 4.69) is 15.3 Å². The summed E-state index contributed by atoms with van der Waals surface area (Å²) in [6.07, 6.45) is -5.30. The van der Waals surface area contributed by atoms with Crippen molar-refractivity contribution in [2.45, 2.75) is 41.6 Å². The molecule has 2 aliphatic rings. The van der Waals surface area contributed by atoms with Gasteiger partial charge in [-0.2, -0.15) is 13.2 Å². The zero-order chi connectivity index (χ0) is 23.5. The molecule has 13 heteroatoms. The summed E-state index contributed by atoms with van der Waals surface area (Å²) in [5.41, 5.74) is 3.69. The number of rotatable bonds is 2. The molecule has 2 aliphatic heterocycles. The third kappa shape index (κ3) is 3.48. The SMILES string of the molecule is CC1N=C(N2CCOC(C)(C(F)(F)F)C2)c2[nH]c(N)c(S(=O)(=O)c3ccccc3F)c2N1. The van der Waals surface area contributed by atoms with Gasteiger partial charge in [0.1, 0.15) is 33.3 Å². The smallest absolute Gasteiger partial charge is 0.384 e. The van der Waals surface area contributed by atoms with Crippen molar-refractivity contribution in [3.8, 4) is 0 Å². The van der Waals surface area contributed by atoms with Crippen LogP contribution in [0.15, 0.2) is 39.0 Å². The minimum Gasteiger partial charge on any atom is -0.384 e. The number of amidine groups is 1. The second kappa shape index (κ2) is 7.37. The molecular weight excluding hydrogens is 454 g/mol. The number of alkyl halides is 3. The minimum absolute atomic E-state index is 0.0310. The van der Waals surface area contributed by atoms with Crippen LogP contribution in [0.5, 0.6) is 0 Å². The fourth-order valence-corrected chi connectivity index (χ4v) is 5.38. The average Bonchev–Trinajstić information content (AvgIpc) is 3.03. The quantitative estimate of drug-likeness (QED) is 0.576. The molecule has 174 valence electrons. The molecule has 4 rings (SSSR count). The van der Waals surface area contributed by atoms with Crippen molar-refractivity contribution in [1.82, 2.24) is 9.88 Å². The van der Waals surface area contributed by atoms with Crippen LogP contribution < -0.4 is 11.1 Å². The second-order valence-corrected chi connectivity index (χ2v) is 9.68. The van der Waals surface area contributed by atoms with E-state index in [1.54, 1.807) is 6.92 Å². The van der Waals surface area contributed by atoms with Gasteiger partial charge in [-0.25, -0.2) is 17.8 Å². The van der Waals surface area contributed by atoms with Gasteiger partial charge >= 0.3 is 6.18 Å². The number of nitrogens with zero attached hydrogens (tertiary/aromatic N) is 2. The van der Waals surface area contributed by atoms with Crippen molar-refractivity contribution in [3.63, 3.8) is 0 Å². The third-order valence-corrected chi connectivity index (χ3v) is 7.31. The number of aliphatic imine (C=N–C) groups is 1. The predicted octanol–water partition coefficient (Wildman–Crippen LogP) is 2.74. The number of nitrogen functional groups attached to an aromatic ring is 1. The summed E-state index contributed by atoms with van der Waals surface area (Å²) in [4.78, 5) is 7.51. The van der Waals surface area contributed by atoms with E-state index in [9.17, 15) is 26.0 Å². The molecule has 1 fully saturated rings. The van der Waals surface area contributed by atoms with Crippen LogP contribution in [-0.2, 0) is 14.6 Å². The number of benzene rings is 1. The molecule has 0 amide bonds.